The number of carbonyl (C=O) groups is 2. The number of pyridine rings is 1. The van der Waals surface area contributed by atoms with Crippen molar-refractivity contribution >= 4 is 27.9 Å². The van der Waals surface area contributed by atoms with E-state index in [0.29, 0.717) is 0 Å². The van der Waals surface area contributed by atoms with Crippen LogP contribution in [0.5, 0.6) is 0 Å². The molecule has 0 atom stereocenters. The van der Waals surface area contributed by atoms with Crippen LogP contribution in [0.2, 0.25) is 0 Å². The van der Waals surface area contributed by atoms with Crippen LogP contribution in [-0.2, 0) is 0 Å². The van der Waals surface area contributed by atoms with Gasteiger partial charge in [0.15, 0.2) is 0 Å². The summed E-state index contributed by atoms with van der Waals surface area (Å²) < 4.78 is 0.761. The molecule has 0 aliphatic heterocycles. The second kappa shape index (κ2) is 4.56. The molecule has 1 rings (SSSR count). The van der Waals surface area contributed by atoms with Crippen LogP contribution in [-0.4, -0.2) is 16.9 Å². The van der Waals surface area contributed by atoms with Gasteiger partial charge in [0.25, 0.3) is 5.91 Å². The van der Waals surface area contributed by atoms with Crippen LogP contribution in [0.1, 0.15) is 10.5 Å². The molecule has 1 heterocycles. The Morgan fingerprint density at radius 3 is 2.57 bits per heavy atom. The number of rotatable bonds is 1. The molecule has 0 saturated heterocycles. The van der Waals surface area contributed by atoms with E-state index in [1.54, 1.807) is 6.07 Å². The Kier molecular flexibility index (Phi) is 3.41. The number of halogens is 1. The first-order chi connectivity index (χ1) is 6.59. The number of hydrogen-bond acceptors (Lipinski definition) is 3. The Bertz CT molecular complexity index is 351. The second-order valence-corrected chi connectivity index (χ2v) is 3.22. The topological polar surface area (TPSA) is 97.1 Å². The van der Waals surface area contributed by atoms with Gasteiger partial charge in [0, 0.05) is 10.7 Å². The van der Waals surface area contributed by atoms with Crippen LogP contribution >= 0.6 is 15.9 Å². The highest BCUT2D eigenvalue weighted by Crippen LogP contribution is 2.06. The predicted octanol–water partition coefficient (Wildman–Crippen LogP) is 0.157. The fraction of sp³-hybridized carbons (Fsp3) is 0. The van der Waals surface area contributed by atoms with Gasteiger partial charge in [-0.2, -0.15) is 0 Å². The predicted molar refractivity (Wildman–Crippen MR) is 52.1 cm³/mol. The first-order valence-electron chi connectivity index (χ1n) is 3.57. The lowest BCUT2D eigenvalue weighted by atomic mass is 10.3. The van der Waals surface area contributed by atoms with E-state index >= 15 is 0 Å². The van der Waals surface area contributed by atoms with Gasteiger partial charge in [0.1, 0.15) is 5.69 Å². The highest BCUT2D eigenvalue weighted by molar-refractivity contribution is 9.10. The zero-order valence-corrected chi connectivity index (χ0v) is 8.54. The quantitative estimate of drug-likeness (QED) is 0.626. The molecule has 14 heavy (non-hydrogen) atoms. The van der Waals surface area contributed by atoms with Gasteiger partial charge in [0.05, 0.1) is 0 Å². The van der Waals surface area contributed by atoms with Gasteiger partial charge in [0.2, 0.25) is 0 Å². The summed E-state index contributed by atoms with van der Waals surface area (Å²) in [5.74, 6) is -0.531. The summed E-state index contributed by atoms with van der Waals surface area (Å²) in [5.41, 5.74) is 8.96. The minimum Gasteiger partial charge on any atom is -0.350 e. The van der Waals surface area contributed by atoms with Gasteiger partial charge in [-0.3, -0.25) is 10.2 Å². The second-order valence-electron chi connectivity index (χ2n) is 2.31. The van der Waals surface area contributed by atoms with E-state index in [0.717, 1.165) is 4.47 Å². The van der Waals surface area contributed by atoms with Gasteiger partial charge in [-0.15, -0.1) is 0 Å². The summed E-state index contributed by atoms with van der Waals surface area (Å²) in [7, 11) is 0. The average molecular weight is 259 g/mol. The van der Waals surface area contributed by atoms with Crippen molar-refractivity contribution in [3.63, 3.8) is 0 Å². The number of aromatic nitrogens is 1. The summed E-state index contributed by atoms with van der Waals surface area (Å²) >= 11 is 3.17. The van der Waals surface area contributed by atoms with Crippen LogP contribution in [0.25, 0.3) is 0 Å². The van der Waals surface area contributed by atoms with E-state index in [-0.39, 0.29) is 5.69 Å². The minimum atomic E-state index is -0.838. The van der Waals surface area contributed by atoms with E-state index in [1.807, 2.05) is 5.43 Å². The molecule has 0 spiro atoms. The number of nitrogens with one attached hydrogen (secondary N) is 2. The Balaban J connectivity index is 2.61. The molecule has 6 nitrogen and oxygen atoms in total. The van der Waals surface area contributed by atoms with E-state index in [1.165, 1.54) is 12.3 Å². The molecule has 1 aromatic rings. The molecule has 0 aliphatic rings. The molecule has 0 aliphatic carbocycles. The number of primary amides is 1. The molecule has 0 radical (unpaired) electrons. The average Bonchev–Trinajstić information content (AvgIpc) is 2.15. The lowest BCUT2D eigenvalue weighted by molar-refractivity contribution is 0.0932. The van der Waals surface area contributed by atoms with E-state index < -0.39 is 11.9 Å². The first kappa shape index (κ1) is 10.5. The van der Waals surface area contributed by atoms with Crippen molar-refractivity contribution in [2.24, 2.45) is 5.73 Å². The first-order valence-corrected chi connectivity index (χ1v) is 4.36. The van der Waals surface area contributed by atoms with Crippen molar-refractivity contribution in [1.29, 1.82) is 0 Å². The number of amides is 3. The highest BCUT2D eigenvalue weighted by atomic mass is 79.9. The minimum absolute atomic E-state index is 0.182. The number of hydrazine groups is 1. The third-order valence-corrected chi connectivity index (χ3v) is 1.73. The number of hydrogen-bond donors (Lipinski definition) is 3. The largest absolute Gasteiger partial charge is 0.350 e. The maximum absolute atomic E-state index is 11.2. The summed E-state index contributed by atoms with van der Waals surface area (Å²) in [5, 5.41) is 0. The fourth-order valence-electron chi connectivity index (χ4n) is 0.693. The Morgan fingerprint density at radius 1 is 1.36 bits per heavy atom. The molecule has 0 unspecified atom stereocenters. The van der Waals surface area contributed by atoms with Crippen LogP contribution in [0.15, 0.2) is 22.8 Å². The molecule has 4 N–H and O–H groups in total. The number of nitrogens with zero attached hydrogens (tertiary/aromatic N) is 1. The zero-order chi connectivity index (χ0) is 10.6. The molecule has 0 saturated carbocycles. The van der Waals surface area contributed by atoms with Crippen molar-refractivity contribution in [2.75, 3.05) is 0 Å². The van der Waals surface area contributed by atoms with Crippen LogP contribution < -0.4 is 16.6 Å². The van der Waals surface area contributed by atoms with Gasteiger partial charge in [-0.1, -0.05) is 0 Å². The molecular formula is C7H7BrN4O2. The molecule has 1 aromatic heterocycles. The van der Waals surface area contributed by atoms with Crippen molar-refractivity contribution < 1.29 is 9.59 Å². The van der Waals surface area contributed by atoms with E-state index in [2.05, 4.69) is 26.3 Å². The van der Waals surface area contributed by atoms with Gasteiger partial charge in [-0.25, -0.2) is 15.2 Å². The number of nitrogens with two attached hydrogens (primary N) is 1. The Labute approximate surface area is 88.0 Å². The standard InChI is InChI=1S/C7H7BrN4O2/c8-4-1-2-5(10-3-4)6(13)11-12-7(9)14/h1-3H,(H,11,13)(H3,9,12,14). The van der Waals surface area contributed by atoms with Crippen molar-refractivity contribution in [2.45, 2.75) is 0 Å². The normalized spacial score (nSPS) is 9.21. The molecular weight excluding hydrogens is 252 g/mol. The van der Waals surface area contributed by atoms with Crippen molar-refractivity contribution in [1.82, 2.24) is 15.8 Å². The molecule has 3 amide bonds. The lowest BCUT2D eigenvalue weighted by Crippen LogP contribution is -2.44. The molecule has 0 bridgehead atoms. The van der Waals surface area contributed by atoms with E-state index in [9.17, 15) is 9.59 Å². The van der Waals surface area contributed by atoms with Crippen LogP contribution in [0, 0.1) is 0 Å². The molecule has 0 fully saturated rings. The zero-order valence-electron chi connectivity index (χ0n) is 6.95. The molecule has 74 valence electrons. The summed E-state index contributed by atoms with van der Waals surface area (Å²) in [6, 6.07) is 2.32. The van der Waals surface area contributed by atoms with Crippen LogP contribution in [0.3, 0.4) is 0 Å². The summed E-state index contributed by atoms with van der Waals surface area (Å²) in [6.07, 6.45) is 1.47. The van der Waals surface area contributed by atoms with Gasteiger partial charge < -0.3 is 5.73 Å². The van der Waals surface area contributed by atoms with Crippen LogP contribution in [0.4, 0.5) is 4.79 Å². The SMILES string of the molecule is NC(=O)NNC(=O)c1ccc(Br)cn1. The van der Waals surface area contributed by atoms with Crippen molar-refractivity contribution in [3.05, 3.63) is 28.5 Å². The molecule has 7 heteroatoms. The molecule has 0 aromatic carbocycles. The monoisotopic (exact) mass is 258 g/mol. The van der Waals surface area contributed by atoms with Gasteiger partial charge in [-0.05, 0) is 28.1 Å². The summed E-state index contributed by atoms with van der Waals surface area (Å²) in [6.45, 7) is 0. The third kappa shape index (κ3) is 3.02. The number of carbonyl (C=O) groups excluding carboxylic acids is 2. The highest BCUT2D eigenvalue weighted by Gasteiger charge is 2.06. The fourth-order valence-corrected chi connectivity index (χ4v) is 0.927. The Hall–Kier alpha value is -1.63. The summed E-state index contributed by atoms with van der Waals surface area (Å²) in [4.78, 5) is 25.3. The van der Waals surface area contributed by atoms with E-state index in [4.69, 9.17) is 5.73 Å². The maximum Gasteiger partial charge on any atom is 0.330 e. The lowest BCUT2D eigenvalue weighted by Gasteiger charge is -2.03. The van der Waals surface area contributed by atoms with Gasteiger partial charge >= 0.3 is 6.03 Å². The van der Waals surface area contributed by atoms with Crippen molar-refractivity contribution in [3.8, 4) is 0 Å². The number of urea groups is 1. The maximum atomic E-state index is 11.2. The Morgan fingerprint density at radius 2 is 2.07 bits per heavy atom. The smallest absolute Gasteiger partial charge is 0.330 e. The third-order valence-electron chi connectivity index (χ3n) is 1.26.